The molecule has 18 heavy (non-hydrogen) atoms. The molecule has 0 unspecified atom stereocenters. The lowest BCUT2D eigenvalue weighted by Crippen LogP contribution is -2.40. The van der Waals surface area contributed by atoms with Gasteiger partial charge in [0.15, 0.2) is 0 Å². The molecule has 0 aliphatic heterocycles. The zero-order chi connectivity index (χ0) is 13.8. The first-order chi connectivity index (χ1) is 8.35. The smallest absolute Gasteiger partial charge is 0.240 e. The van der Waals surface area contributed by atoms with Gasteiger partial charge in [-0.05, 0) is 36.6 Å². The van der Waals surface area contributed by atoms with E-state index in [9.17, 15) is 12.8 Å². The quantitative estimate of drug-likeness (QED) is 0.825. The Morgan fingerprint density at radius 1 is 1.28 bits per heavy atom. The standard InChI is InChI=1S/C12H19FN2O2S/c1-9(2)7-11(8-14)15-18(16,17)12-5-3-10(13)4-6-12/h3-6,9,11,15H,7-8,14H2,1-2H3/t11-/m1/s1. The van der Waals surface area contributed by atoms with Crippen molar-refractivity contribution in [1.29, 1.82) is 0 Å². The maximum Gasteiger partial charge on any atom is 0.240 e. The largest absolute Gasteiger partial charge is 0.329 e. The van der Waals surface area contributed by atoms with Crippen LogP contribution in [0, 0.1) is 11.7 Å². The Morgan fingerprint density at radius 2 is 1.83 bits per heavy atom. The van der Waals surface area contributed by atoms with Crippen molar-refractivity contribution in [3.05, 3.63) is 30.1 Å². The summed E-state index contributed by atoms with van der Waals surface area (Å²) >= 11 is 0. The molecule has 0 radical (unpaired) electrons. The van der Waals surface area contributed by atoms with Gasteiger partial charge in [-0.25, -0.2) is 17.5 Å². The number of nitrogens with one attached hydrogen (secondary N) is 1. The highest BCUT2D eigenvalue weighted by atomic mass is 32.2. The van der Waals surface area contributed by atoms with E-state index in [4.69, 9.17) is 5.73 Å². The number of benzene rings is 1. The molecule has 1 aromatic carbocycles. The molecular weight excluding hydrogens is 255 g/mol. The maximum absolute atomic E-state index is 12.7. The van der Waals surface area contributed by atoms with Crippen LogP contribution in [0.4, 0.5) is 4.39 Å². The second kappa shape index (κ2) is 6.26. The van der Waals surface area contributed by atoms with Crippen molar-refractivity contribution in [1.82, 2.24) is 4.72 Å². The second-order valence-electron chi connectivity index (χ2n) is 4.64. The van der Waals surface area contributed by atoms with E-state index in [0.717, 1.165) is 12.1 Å². The Hall–Kier alpha value is -0.980. The molecule has 1 aromatic rings. The van der Waals surface area contributed by atoms with Crippen LogP contribution in [-0.4, -0.2) is 21.0 Å². The average molecular weight is 274 g/mol. The van der Waals surface area contributed by atoms with E-state index in [2.05, 4.69) is 4.72 Å². The number of hydrogen-bond acceptors (Lipinski definition) is 3. The van der Waals surface area contributed by atoms with Crippen molar-refractivity contribution in [3.63, 3.8) is 0 Å². The Morgan fingerprint density at radius 3 is 2.28 bits per heavy atom. The van der Waals surface area contributed by atoms with Crippen LogP contribution >= 0.6 is 0 Å². The zero-order valence-corrected chi connectivity index (χ0v) is 11.4. The number of rotatable bonds is 6. The Bertz CT molecular complexity index is 471. The number of nitrogens with two attached hydrogens (primary N) is 1. The molecule has 0 aromatic heterocycles. The highest BCUT2D eigenvalue weighted by Gasteiger charge is 2.19. The van der Waals surface area contributed by atoms with Crippen molar-refractivity contribution in [2.75, 3.05) is 6.54 Å². The summed E-state index contributed by atoms with van der Waals surface area (Å²) in [7, 11) is -3.63. The molecular formula is C12H19FN2O2S. The van der Waals surface area contributed by atoms with Crippen LogP contribution in [0.5, 0.6) is 0 Å². The van der Waals surface area contributed by atoms with Crippen LogP contribution in [0.15, 0.2) is 29.2 Å². The van der Waals surface area contributed by atoms with Crippen LogP contribution in [-0.2, 0) is 10.0 Å². The maximum atomic E-state index is 12.7. The van der Waals surface area contributed by atoms with Crippen molar-refractivity contribution in [2.45, 2.75) is 31.2 Å². The van der Waals surface area contributed by atoms with Crippen molar-refractivity contribution in [3.8, 4) is 0 Å². The van der Waals surface area contributed by atoms with Gasteiger partial charge in [0.25, 0.3) is 0 Å². The first-order valence-electron chi connectivity index (χ1n) is 5.83. The van der Waals surface area contributed by atoms with Gasteiger partial charge in [0.05, 0.1) is 4.90 Å². The first-order valence-corrected chi connectivity index (χ1v) is 7.31. The Kier molecular flexibility index (Phi) is 5.25. The minimum absolute atomic E-state index is 0.0473. The fourth-order valence-electron chi connectivity index (χ4n) is 1.66. The molecule has 0 saturated carbocycles. The van der Waals surface area contributed by atoms with E-state index in [1.165, 1.54) is 12.1 Å². The second-order valence-corrected chi connectivity index (χ2v) is 6.35. The van der Waals surface area contributed by atoms with E-state index in [1.54, 1.807) is 0 Å². The summed E-state index contributed by atoms with van der Waals surface area (Å²) in [6.45, 7) is 4.22. The van der Waals surface area contributed by atoms with Gasteiger partial charge >= 0.3 is 0 Å². The molecule has 0 spiro atoms. The number of halogens is 1. The summed E-state index contributed by atoms with van der Waals surface area (Å²) in [5, 5.41) is 0. The average Bonchev–Trinajstić information content (AvgIpc) is 2.27. The van der Waals surface area contributed by atoms with Gasteiger partial charge in [-0.2, -0.15) is 0 Å². The third-order valence-corrected chi connectivity index (χ3v) is 4.02. The minimum atomic E-state index is -3.63. The van der Waals surface area contributed by atoms with E-state index in [0.29, 0.717) is 12.3 Å². The molecule has 0 fully saturated rings. The van der Waals surface area contributed by atoms with E-state index >= 15 is 0 Å². The zero-order valence-electron chi connectivity index (χ0n) is 10.6. The van der Waals surface area contributed by atoms with E-state index in [-0.39, 0.29) is 17.5 Å². The first kappa shape index (κ1) is 15.1. The van der Waals surface area contributed by atoms with Crippen LogP contribution < -0.4 is 10.5 Å². The van der Waals surface area contributed by atoms with Crippen molar-refractivity contribution < 1.29 is 12.8 Å². The van der Waals surface area contributed by atoms with Crippen LogP contribution in [0.2, 0.25) is 0 Å². The van der Waals surface area contributed by atoms with Gasteiger partial charge in [-0.15, -0.1) is 0 Å². The molecule has 102 valence electrons. The fourth-order valence-corrected chi connectivity index (χ4v) is 2.92. The monoisotopic (exact) mass is 274 g/mol. The van der Waals surface area contributed by atoms with Gasteiger partial charge in [0.1, 0.15) is 5.82 Å². The lowest BCUT2D eigenvalue weighted by atomic mass is 10.1. The number of hydrogen-bond donors (Lipinski definition) is 2. The van der Waals surface area contributed by atoms with Crippen molar-refractivity contribution in [2.24, 2.45) is 11.7 Å². The topological polar surface area (TPSA) is 72.2 Å². The molecule has 0 aliphatic rings. The molecule has 0 bridgehead atoms. The Labute approximate surface area is 107 Å². The molecule has 1 rings (SSSR count). The lowest BCUT2D eigenvalue weighted by molar-refractivity contribution is 0.465. The molecule has 0 amide bonds. The predicted molar refractivity (Wildman–Crippen MR) is 69.0 cm³/mol. The predicted octanol–water partition coefficient (Wildman–Crippen LogP) is 1.48. The SMILES string of the molecule is CC(C)C[C@H](CN)NS(=O)(=O)c1ccc(F)cc1. The van der Waals surface area contributed by atoms with Gasteiger partial charge < -0.3 is 5.73 Å². The van der Waals surface area contributed by atoms with Gasteiger partial charge in [-0.3, -0.25) is 0 Å². The summed E-state index contributed by atoms with van der Waals surface area (Å²) in [6, 6.07) is 4.41. The molecule has 0 saturated heterocycles. The van der Waals surface area contributed by atoms with Crippen LogP contribution in [0.1, 0.15) is 20.3 Å². The fraction of sp³-hybridized carbons (Fsp3) is 0.500. The van der Waals surface area contributed by atoms with Crippen LogP contribution in [0.3, 0.4) is 0 Å². The van der Waals surface area contributed by atoms with Crippen molar-refractivity contribution >= 4 is 10.0 Å². The lowest BCUT2D eigenvalue weighted by Gasteiger charge is -2.18. The third-order valence-electron chi connectivity index (χ3n) is 2.49. The summed E-state index contributed by atoms with van der Waals surface area (Å²) in [5.41, 5.74) is 5.54. The minimum Gasteiger partial charge on any atom is -0.329 e. The summed E-state index contributed by atoms with van der Waals surface area (Å²) < 4.78 is 39.3. The third kappa shape index (κ3) is 4.36. The summed E-state index contributed by atoms with van der Waals surface area (Å²) in [4.78, 5) is 0.0473. The van der Waals surface area contributed by atoms with Gasteiger partial charge in [0, 0.05) is 12.6 Å². The molecule has 3 N–H and O–H groups in total. The Balaban J connectivity index is 2.83. The summed E-state index contributed by atoms with van der Waals surface area (Å²) in [6.07, 6.45) is 0.664. The molecule has 6 heteroatoms. The highest BCUT2D eigenvalue weighted by molar-refractivity contribution is 7.89. The molecule has 1 atom stereocenters. The van der Waals surface area contributed by atoms with Crippen LogP contribution in [0.25, 0.3) is 0 Å². The molecule has 0 heterocycles. The van der Waals surface area contributed by atoms with Gasteiger partial charge in [0.2, 0.25) is 10.0 Å². The normalized spacial score (nSPS) is 13.8. The van der Waals surface area contributed by atoms with E-state index < -0.39 is 15.8 Å². The van der Waals surface area contributed by atoms with E-state index in [1.807, 2.05) is 13.8 Å². The molecule has 4 nitrogen and oxygen atoms in total. The summed E-state index contributed by atoms with van der Waals surface area (Å²) in [5.74, 6) is -0.124. The molecule has 0 aliphatic carbocycles. The number of sulfonamides is 1. The van der Waals surface area contributed by atoms with Gasteiger partial charge in [-0.1, -0.05) is 13.8 Å². The highest BCUT2D eigenvalue weighted by Crippen LogP contribution is 2.12.